The smallest absolute Gasteiger partial charge is 0.308 e. The number of hydrogen-bond acceptors (Lipinski definition) is 4. The van der Waals surface area contributed by atoms with Gasteiger partial charge in [-0.1, -0.05) is 32.0 Å². The standard InChI is InChI=1S/C15H21NO4S/c1-3-12(2)15(17)20-11-10-16-9-8-13-6-4-5-7-14(13)21(16,18)19/h4-7,12H,3,8-11H2,1-2H3. The lowest BCUT2D eigenvalue weighted by molar-refractivity contribution is -0.148. The molecule has 0 fully saturated rings. The Morgan fingerprint density at radius 2 is 2.10 bits per heavy atom. The van der Waals surface area contributed by atoms with Crippen LogP contribution in [0.25, 0.3) is 0 Å². The molecule has 1 aliphatic rings. The minimum Gasteiger partial charge on any atom is -0.464 e. The first-order chi connectivity index (χ1) is 9.96. The first-order valence-corrected chi connectivity index (χ1v) is 8.65. The zero-order chi connectivity index (χ0) is 15.5. The zero-order valence-corrected chi connectivity index (χ0v) is 13.2. The van der Waals surface area contributed by atoms with E-state index in [1.807, 2.05) is 19.1 Å². The highest BCUT2D eigenvalue weighted by molar-refractivity contribution is 7.89. The van der Waals surface area contributed by atoms with Crippen LogP contribution in [0.5, 0.6) is 0 Å². The Bertz CT molecular complexity index is 612. The molecular formula is C15H21NO4S. The lowest BCUT2D eigenvalue weighted by Gasteiger charge is -2.28. The molecule has 0 radical (unpaired) electrons. The predicted octanol–water partition coefficient (Wildman–Crippen LogP) is 1.82. The molecule has 0 aromatic heterocycles. The summed E-state index contributed by atoms with van der Waals surface area (Å²) in [4.78, 5) is 12.0. The van der Waals surface area contributed by atoms with Crippen molar-refractivity contribution in [3.63, 3.8) is 0 Å². The maximum atomic E-state index is 12.5. The molecule has 0 saturated carbocycles. The van der Waals surface area contributed by atoms with Gasteiger partial charge in [-0.05, 0) is 24.5 Å². The van der Waals surface area contributed by atoms with Crippen LogP contribution in [0.1, 0.15) is 25.8 Å². The van der Waals surface area contributed by atoms with Crippen molar-refractivity contribution >= 4 is 16.0 Å². The van der Waals surface area contributed by atoms with Gasteiger partial charge in [0.2, 0.25) is 10.0 Å². The molecule has 0 amide bonds. The third-order valence-corrected chi connectivity index (χ3v) is 5.82. The number of nitrogens with zero attached hydrogens (tertiary/aromatic N) is 1. The first kappa shape index (κ1) is 16.0. The van der Waals surface area contributed by atoms with Crippen molar-refractivity contribution < 1.29 is 17.9 Å². The normalized spacial score (nSPS) is 18.8. The molecule has 1 aromatic carbocycles. The zero-order valence-electron chi connectivity index (χ0n) is 12.4. The largest absolute Gasteiger partial charge is 0.464 e. The molecule has 0 spiro atoms. The fourth-order valence-corrected chi connectivity index (χ4v) is 3.93. The second-order valence-electron chi connectivity index (χ2n) is 5.24. The number of sulfonamides is 1. The van der Waals surface area contributed by atoms with Crippen LogP contribution in [0, 0.1) is 5.92 Å². The Morgan fingerprint density at radius 1 is 1.38 bits per heavy atom. The molecule has 1 heterocycles. The minimum absolute atomic E-state index is 0.102. The number of carbonyl (C=O) groups excluding carboxylic acids is 1. The SMILES string of the molecule is CCC(C)C(=O)OCCN1CCc2ccccc2S1(=O)=O. The average molecular weight is 311 g/mol. The van der Waals surface area contributed by atoms with Gasteiger partial charge >= 0.3 is 5.97 Å². The number of rotatable bonds is 5. The summed E-state index contributed by atoms with van der Waals surface area (Å²) in [6.45, 7) is 4.46. The summed E-state index contributed by atoms with van der Waals surface area (Å²) >= 11 is 0. The van der Waals surface area contributed by atoms with E-state index in [2.05, 4.69) is 0 Å². The number of carbonyl (C=O) groups is 1. The topological polar surface area (TPSA) is 63.7 Å². The summed E-state index contributed by atoms with van der Waals surface area (Å²) in [5.74, 6) is -0.420. The molecule has 116 valence electrons. The van der Waals surface area contributed by atoms with Crippen LogP contribution in [0.3, 0.4) is 0 Å². The number of fused-ring (bicyclic) bond motifs is 1. The van der Waals surface area contributed by atoms with E-state index in [1.165, 1.54) is 4.31 Å². The second-order valence-corrected chi connectivity index (χ2v) is 7.14. The average Bonchev–Trinajstić information content (AvgIpc) is 2.48. The molecule has 5 nitrogen and oxygen atoms in total. The predicted molar refractivity (Wildman–Crippen MR) is 79.3 cm³/mol. The van der Waals surface area contributed by atoms with Gasteiger partial charge < -0.3 is 4.74 Å². The fraction of sp³-hybridized carbons (Fsp3) is 0.533. The highest BCUT2D eigenvalue weighted by Crippen LogP contribution is 2.25. The quantitative estimate of drug-likeness (QED) is 0.778. The van der Waals surface area contributed by atoms with E-state index in [0.29, 0.717) is 24.3 Å². The number of esters is 1. The van der Waals surface area contributed by atoms with Crippen molar-refractivity contribution in [3.8, 4) is 0 Å². The molecule has 1 aliphatic heterocycles. The highest BCUT2D eigenvalue weighted by Gasteiger charge is 2.30. The van der Waals surface area contributed by atoms with Gasteiger partial charge in [-0.2, -0.15) is 4.31 Å². The molecule has 0 bridgehead atoms. The molecule has 0 N–H and O–H groups in total. The highest BCUT2D eigenvalue weighted by atomic mass is 32.2. The van der Waals surface area contributed by atoms with Crippen LogP contribution in [-0.2, 0) is 26.0 Å². The van der Waals surface area contributed by atoms with Gasteiger partial charge in [-0.3, -0.25) is 4.79 Å². The van der Waals surface area contributed by atoms with Gasteiger partial charge in [0.05, 0.1) is 10.8 Å². The number of benzene rings is 1. The Balaban J connectivity index is 1.99. The first-order valence-electron chi connectivity index (χ1n) is 7.21. The van der Waals surface area contributed by atoms with E-state index in [4.69, 9.17) is 4.74 Å². The molecule has 21 heavy (non-hydrogen) atoms. The molecule has 2 rings (SSSR count). The summed E-state index contributed by atoms with van der Waals surface area (Å²) in [6, 6.07) is 7.04. The van der Waals surface area contributed by atoms with Gasteiger partial charge in [-0.25, -0.2) is 8.42 Å². The summed E-state index contributed by atoms with van der Waals surface area (Å²) in [5, 5.41) is 0. The number of hydrogen-bond donors (Lipinski definition) is 0. The molecule has 6 heteroatoms. The van der Waals surface area contributed by atoms with Crippen LogP contribution in [0.15, 0.2) is 29.2 Å². The van der Waals surface area contributed by atoms with Crippen LogP contribution in [-0.4, -0.2) is 38.4 Å². The monoisotopic (exact) mass is 311 g/mol. The molecular weight excluding hydrogens is 290 g/mol. The second kappa shape index (κ2) is 6.58. The molecule has 0 aliphatic carbocycles. The molecule has 1 atom stereocenters. The van der Waals surface area contributed by atoms with E-state index in [9.17, 15) is 13.2 Å². The van der Waals surface area contributed by atoms with Crippen LogP contribution < -0.4 is 0 Å². The third-order valence-electron chi connectivity index (χ3n) is 3.82. The summed E-state index contributed by atoms with van der Waals surface area (Å²) < 4.78 is 31.4. The Kier molecular flexibility index (Phi) is 5.00. The van der Waals surface area contributed by atoms with Gasteiger partial charge in [0.25, 0.3) is 0 Å². The van der Waals surface area contributed by atoms with Crippen molar-refractivity contribution in [2.45, 2.75) is 31.6 Å². The van der Waals surface area contributed by atoms with Crippen LogP contribution >= 0.6 is 0 Å². The fourth-order valence-electron chi connectivity index (χ4n) is 2.26. The van der Waals surface area contributed by atoms with E-state index >= 15 is 0 Å². The van der Waals surface area contributed by atoms with Crippen molar-refractivity contribution in [1.29, 1.82) is 0 Å². The summed E-state index contributed by atoms with van der Waals surface area (Å²) in [5.41, 5.74) is 0.852. The van der Waals surface area contributed by atoms with Gasteiger partial charge in [0.1, 0.15) is 6.61 Å². The van der Waals surface area contributed by atoms with Crippen molar-refractivity contribution in [2.75, 3.05) is 19.7 Å². The Labute approximate surface area is 126 Å². The van der Waals surface area contributed by atoms with E-state index in [1.54, 1.807) is 19.1 Å². The van der Waals surface area contributed by atoms with E-state index in [-0.39, 0.29) is 25.0 Å². The molecule has 1 aromatic rings. The van der Waals surface area contributed by atoms with Crippen molar-refractivity contribution in [1.82, 2.24) is 4.31 Å². The summed E-state index contributed by atoms with van der Waals surface area (Å²) in [6.07, 6.45) is 1.41. The van der Waals surface area contributed by atoms with E-state index in [0.717, 1.165) is 5.56 Å². The van der Waals surface area contributed by atoms with Gasteiger partial charge in [-0.15, -0.1) is 0 Å². The van der Waals surface area contributed by atoms with Crippen LogP contribution in [0.2, 0.25) is 0 Å². The number of ether oxygens (including phenoxy) is 1. The molecule has 0 saturated heterocycles. The molecule has 1 unspecified atom stereocenters. The van der Waals surface area contributed by atoms with Gasteiger partial charge in [0.15, 0.2) is 0 Å². The summed E-state index contributed by atoms with van der Waals surface area (Å²) in [7, 11) is -3.46. The lowest BCUT2D eigenvalue weighted by Crippen LogP contribution is -2.39. The van der Waals surface area contributed by atoms with Gasteiger partial charge in [0, 0.05) is 13.1 Å². The van der Waals surface area contributed by atoms with Crippen molar-refractivity contribution in [3.05, 3.63) is 29.8 Å². The van der Waals surface area contributed by atoms with Crippen LogP contribution in [0.4, 0.5) is 0 Å². The Hall–Kier alpha value is -1.40. The minimum atomic E-state index is -3.46. The lowest BCUT2D eigenvalue weighted by atomic mass is 10.1. The Morgan fingerprint density at radius 3 is 2.81 bits per heavy atom. The third kappa shape index (κ3) is 3.44. The maximum absolute atomic E-state index is 12.5. The van der Waals surface area contributed by atoms with Crippen molar-refractivity contribution in [2.24, 2.45) is 5.92 Å². The van der Waals surface area contributed by atoms with E-state index < -0.39 is 10.0 Å². The maximum Gasteiger partial charge on any atom is 0.308 e.